The molecular formula is C19H17ClN4O3S2. The van der Waals surface area contributed by atoms with Gasteiger partial charge >= 0.3 is 0 Å². The molecule has 2 heterocycles. The van der Waals surface area contributed by atoms with Crippen molar-refractivity contribution in [2.24, 2.45) is 0 Å². The summed E-state index contributed by atoms with van der Waals surface area (Å²) in [6.07, 6.45) is 1.54. The van der Waals surface area contributed by atoms with E-state index in [4.69, 9.17) is 11.6 Å². The van der Waals surface area contributed by atoms with E-state index in [0.29, 0.717) is 28.8 Å². The van der Waals surface area contributed by atoms with E-state index < -0.39 is 10.0 Å². The first-order chi connectivity index (χ1) is 13.9. The number of carbonyl (C=O) groups excluding carboxylic acids is 1. The third-order valence-corrected chi connectivity index (χ3v) is 7.00. The zero-order valence-corrected chi connectivity index (χ0v) is 17.5. The molecule has 1 aromatic heterocycles. The van der Waals surface area contributed by atoms with Crippen LogP contribution in [0, 0.1) is 0 Å². The first-order valence-corrected chi connectivity index (χ1v) is 11.5. The minimum atomic E-state index is -3.67. The number of sulfonamides is 1. The van der Waals surface area contributed by atoms with Crippen LogP contribution in [-0.2, 0) is 10.0 Å². The highest BCUT2D eigenvalue weighted by atomic mass is 35.5. The van der Waals surface area contributed by atoms with Gasteiger partial charge in [0.25, 0.3) is 15.9 Å². The molecule has 1 aliphatic rings. The summed E-state index contributed by atoms with van der Waals surface area (Å²) in [6.45, 7) is 1.28. The molecule has 0 aliphatic carbocycles. The van der Waals surface area contributed by atoms with Gasteiger partial charge in [0.15, 0.2) is 5.13 Å². The van der Waals surface area contributed by atoms with Crippen molar-refractivity contribution in [2.45, 2.75) is 10.9 Å². The lowest BCUT2D eigenvalue weighted by Crippen LogP contribution is -2.59. The van der Waals surface area contributed by atoms with Gasteiger partial charge in [0, 0.05) is 30.4 Å². The molecule has 1 amide bonds. The monoisotopic (exact) mass is 448 g/mol. The number of hydrogen-bond acceptors (Lipinski definition) is 6. The Bertz CT molecular complexity index is 1110. The van der Waals surface area contributed by atoms with Crippen molar-refractivity contribution in [2.75, 3.05) is 22.7 Å². The van der Waals surface area contributed by atoms with Crippen LogP contribution >= 0.6 is 22.9 Å². The second-order valence-electron chi connectivity index (χ2n) is 6.49. The maximum atomic E-state index is 12.4. The van der Waals surface area contributed by atoms with Crippen molar-refractivity contribution >= 4 is 49.7 Å². The van der Waals surface area contributed by atoms with Crippen LogP contribution in [0.2, 0.25) is 5.02 Å². The van der Waals surface area contributed by atoms with Crippen molar-refractivity contribution < 1.29 is 13.2 Å². The lowest BCUT2D eigenvalue weighted by molar-refractivity contribution is 0.0930. The fourth-order valence-corrected chi connectivity index (χ4v) is 4.98. The molecule has 3 aromatic rings. The van der Waals surface area contributed by atoms with E-state index in [0.717, 1.165) is 5.69 Å². The Morgan fingerprint density at radius 1 is 1.14 bits per heavy atom. The number of amides is 1. The zero-order chi connectivity index (χ0) is 20.4. The molecule has 0 unspecified atom stereocenters. The zero-order valence-electron chi connectivity index (χ0n) is 15.1. The van der Waals surface area contributed by atoms with Crippen molar-refractivity contribution in [3.05, 3.63) is 70.7 Å². The standard InChI is InChI=1S/C19H17ClN4O3S2/c20-17-4-2-1-3-16(17)18(25)22-13-11-24(12-13)14-5-7-15(8-6-14)29(26,27)23-19-21-9-10-28-19/h1-10,13H,11-12H2,(H,21,23)(H,22,25). The van der Waals surface area contributed by atoms with Gasteiger partial charge in [-0.1, -0.05) is 23.7 Å². The fourth-order valence-electron chi connectivity index (χ4n) is 2.97. The Balaban J connectivity index is 1.34. The van der Waals surface area contributed by atoms with E-state index in [9.17, 15) is 13.2 Å². The average molecular weight is 449 g/mol. The van der Waals surface area contributed by atoms with Crippen LogP contribution < -0.4 is 14.9 Å². The number of nitrogens with one attached hydrogen (secondary N) is 2. The maximum Gasteiger partial charge on any atom is 0.263 e. The summed E-state index contributed by atoms with van der Waals surface area (Å²) in [5.41, 5.74) is 1.34. The molecule has 2 N–H and O–H groups in total. The molecule has 2 aromatic carbocycles. The molecule has 0 saturated carbocycles. The van der Waals surface area contributed by atoms with Gasteiger partial charge in [-0.15, -0.1) is 11.3 Å². The van der Waals surface area contributed by atoms with Crippen molar-refractivity contribution in [1.82, 2.24) is 10.3 Å². The Kier molecular flexibility index (Phi) is 5.44. The smallest absolute Gasteiger partial charge is 0.263 e. The van der Waals surface area contributed by atoms with E-state index >= 15 is 0 Å². The van der Waals surface area contributed by atoms with Gasteiger partial charge in [0.05, 0.1) is 21.5 Å². The van der Waals surface area contributed by atoms with Crippen LogP contribution in [0.1, 0.15) is 10.4 Å². The highest BCUT2D eigenvalue weighted by Gasteiger charge is 2.29. The van der Waals surface area contributed by atoms with Crippen molar-refractivity contribution in [1.29, 1.82) is 0 Å². The van der Waals surface area contributed by atoms with Crippen LogP contribution in [0.25, 0.3) is 0 Å². The second kappa shape index (κ2) is 8.02. The van der Waals surface area contributed by atoms with E-state index in [-0.39, 0.29) is 16.8 Å². The number of hydrogen-bond donors (Lipinski definition) is 2. The molecular weight excluding hydrogens is 432 g/mol. The summed E-state index contributed by atoms with van der Waals surface area (Å²) >= 11 is 7.27. The Hall–Kier alpha value is -2.62. The van der Waals surface area contributed by atoms with Crippen LogP contribution in [0.4, 0.5) is 10.8 Å². The fraction of sp³-hybridized carbons (Fsp3) is 0.158. The normalized spacial score (nSPS) is 14.3. The summed E-state index contributed by atoms with van der Waals surface area (Å²) in [7, 11) is -3.67. The van der Waals surface area contributed by atoms with Crippen LogP contribution in [0.3, 0.4) is 0 Å². The molecule has 0 atom stereocenters. The molecule has 29 heavy (non-hydrogen) atoms. The van der Waals surface area contributed by atoms with Gasteiger partial charge in [0.2, 0.25) is 0 Å². The highest BCUT2D eigenvalue weighted by molar-refractivity contribution is 7.93. The molecule has 1 saturated heterocycles. The van der Waals surface area contributed by atoms with Crippen LogP contribution in [0.15, 0.2) is 65.0 Å². The third-order valence-electron chi connectivity index (χ3n) is 4.50. The van der Waals surface area contributed by atoms with Gasteiger partial charge in [-0.2, -0.15) is 0 Å². The molecule has 7 nitrogen and oxygen atoms in total. The summed E-state index contributed by atoms with van der Waals surface area (Å²) in [5, 5.41) is 5.41. The Labute approximate surface area is 177 Å². The number of thiazole rings is 1. The number of carbonyl (C=O) groups is 1. The van der Waals surface area contributed by atoms with Gasteiger partial charge in [0.1, 0.15) is 0 Å². The first-order valence-electron chi connectivity index (χ1n) is 8.75. The van der Waals surface area contributed by atoms with E-state index in [2.05, 4.69) is 19.9 Å². The molecule has 1 fully saturated rings. The highest BCUT2D eigenvalue weighted by Crippen LogP contribution is 2.25. The summed E-state index contributed by atoms with van der Waals surface area (Å²) < 4.78 is 27.2. The molecule has 4 rings (SSSR count). The number of benzene rings is 2. The molecule has 10 heteroatoms. The average Bonchev–Trinajstić information content (AvgIpc) is 3.17. The first kappa shape index (κ1) is 19.7. The molecule has 150 valence electrons. The Morgan fingerprint density at radius 3 is 2.52 bits per heavy atom. The predicted molar refractivity (Wildman–Crippen MR) is 114 cm³/mol. The third kappa shape index (κ3) is 4.36. The molecule has 0 spiro atoms. The van der Waals surface area contributed by atoms with Crippen molar-refractivity contribution in [3.8, 4) is 0 Å². The van der Waals surface area contributed by atoms with Gasteiger partial charge in [-0.25, -0.2) is 13.4 Å². The van der Waals surface area contributed by atoms with E-state index in [1.807, 2.05) is 0 Å². The number of nitrogens with zero attached hydrogens (tertiary/aromatic N) is 2. The second-order valence-corrected chi connectivity index (χ2v) is 9.48. The van der Waals surface area contributed by atoms with Gasteiger partial charge in [-0.05, 0) is 36.4 Å². The molecule has 1 aliphatic heterocycles. The molecule has 0 bridgehead atoms. The summed E-state index contributed by atoms with van der Waals surface area (Å²) in [6, 6.07) is 13.5. The topological polar surface area (TPSA) is 91.4 Å². The van der Waals surface area contributed by atoms with Gasteiger partial charge < -0.3 is 10.2 Å². The number of aromatic nitrogens is 1. The largest absolute Gasteiger partial charge is 0.367 e. The quantitative estimate of drug-likeness (QED) is 0.604. The number of rotatable bonds is 6. The SMILES string of the molecule is O=C(NC1CN(c2ccc(S(=O)(=O)Nc3nccs3)cc2)C1)c1ccccc1Cl. The Morgan fingerprint density at radius 2 is 1.86 bits per heavy atom. The van der Waals surface area contributed by atoms with Crippen molar-refractivity contribution in [3.63, 3.8) is 0 Å². The minimum Gasteiger partial charge on any atom is -0.367 e. The number of halogens is 1. The van der Waals surface area contributed by atoms with Crippen LogP contribution in [0.5, 0.6) is 0 Å². The van der Waals surface area contributed by atoms with Gasteiger partial charge in [-0.3, -0.25) is 9.52 Å². The lowest BCUT2D eigenvalue weighted by atomic mass is 10.1. The predicted octanol–water partition coefficient (Wildman–Crippen LogP) is 3.22. The van der Waals surface area contributed by atoms with E-state index in [1.54, 1.807) is 53.9 Å². The minimum absolute atomic E-state index is 0.00810. The van der Waals surface area contributed by atoms with E-state index in [1.165, 1.54) is 17.5 Å². The van der Waals surface area contributed by atoms with Crippen LogP contribution in [-0.4, -0.2) is 38.4 Å². The number of anilines is 2. The maximum absolute atomic E-state index is 12.4. The lowest BCUT2D eigenvalue weighted by Gasteiger charge is -2.41. The summed E-state index contributed by atoms with van der Waals surface area (Å²) in [5.74, 6) is -0.199. The summed E-state index contributed by atoms with van der Waals surface area (Å²) in [4.78, 5) is 18.5. The molecule has 0 radical (unpaired) electrons.